The summed E-state index contributed by atoms with van der Waals surface area (Å²) in [5.74, 6) is 2.27. The van der Waals surface area contributed by atoms with E-state index < -0.39 is 6.10 Å². The second kappa shape index (κ2) is 9.65. The Morgan fingerprint density at radius 2 is 1.82 bits per heavy atom. The second-order valence-corrected chi connectivity index (χ2v) is 9.65. The Kier molecular flexibility index (Phi) is 6.44. The molecule has 178 valence electrons. The minimum absolute atomic E-state index is 0.0520. The average molecular weight is 461 g/mol. The Labute approximate surface area is 200 Å². The number of carbonyl (C=O) groups excluding carboxylic acids is 1. The lowest BCUT2D eigenvalue weighted by molar-refractivity contribution is 0.0764. The van der Waals surface area contributed by atoms with Gasteiger partial charge in [-0.25, -0.2) is 0 Å². The summed E-state index contributed by atoms with van der Waals surface area (Å²) < 4.78 is 6.30. The molecule has 2 N–H and O–H groups in total. The first-order chi connectivity index (χ1) is 16.5. The molecule has 3 aliphatic heterocycles. The third-order valence-corrected chi connectivity index (χ3v) is 7.36. The van der Waals surface area contributed by atoms with E-state index >= 15 is 0 Å². The Morgan fingerprint density at radius 1 is 1.06 bits per heavy atom. The van der Waals surface area contributed by atoms with Gasteiger partial charge in [-0.2, -0.15) is 0 Å². The van der Waals surface area contributed by atoms with Crippen molar-refractivity contribution in [3.05, 3.63) is 83.6 Å². The number of ether oxygens (including phenoxy) is 1. The highest BCUT2D eigenvalue weighted by Gasteiger charge is 2.36. The molecule has 0 radical (unpaired) electrons. The van der Waals surface area contributed by atoms with Crippen molar-refractivity contribution in [3.8, 4) is 11.5 Å². The van der Waals surface area contributed by atoms with Gasteiger partial charge >= 0.3 is 0 Å². The number of hydrogen-bond acceptors (Lipinski definition) is 5. The van der Waals surface area contributed by atoms with E-state index in [1.54, 1.807) is 11.0 Å². The molecular weight excluding hydrogens is 428 g/mol. The fraction of sp³-hybridized carbons (Fsp3) is 0.393. The largest absolute Gasteiger partial charge is 0.516 e. The molecule has 2 aromatic carbocycles. The summed E-state index contributed by atoms with van der Waals surface area (Å²) in [6, 6.07) is 14.1. The van der Waals surface area contributed by atoms with Crippen molar-refractivity contribution in [2.24, 2.45) is 5.92 Å². The van der Waals surface area contributed by atoms with Gasteiger partial charge in [-0.3, -0.25) is 9.69 Å². The Bertz CT molecular complexity index is 1100. The number of benzene rings is 2. The van der Waals surface area contributed by atoms with Crippen molar-refractivity contribution >= 4 is 5.91 Å². The molecule has 0 saturated carbocycles. The zero-order valence-electron chi connectivity index (χ0n) is 19.4. The lowest BCUT2D eigenvalue weighted by Crippen LogP contribution is -2.37. The van der Waals surface area contributed by atoms with Gasteiger partial charge in [-0.1, -0.05) is 30.8 Å². The summed E-state index contributed by atoms with van der Waals surface area (Å²) in [7, 11) is 0. The molecule has 2 fully saturated rings. The van der Waals surface area contributed by atoms with E-state index in [1.165, 1.54) is 5.56 Å². The van der Waals surface area contributed by atoms with E-state index in [-0.39, 0.29) is 11.8 Å². The molecule has 3 aliphatic rings. The monoisotopic (exact) mass is 460 g/mol. The van der Waals surface area contributed by atoms with Crippen molar-refractivity contribution in [2.75, 3.05) is 32.7 Å². The highest BCUT2D eigenvalue weighted by Crippen LogP contribution is 2.50. The van der Waals surface area contributed by atoms with Gasteiger partial charge in [0.25, 0.3) is 5.91 Å². The Balaban J connectivity index is 1.38. The van der Waals surface area contributed by atoms with Crippen LogP contribution < -0.4 is 4.74 Å². The van der Waals surface area contributed by atoms with Gasteiger partial charge in [0.2, 0.25) is 0 Å². The van der Waals surface area contributed by atoms with Crippen LogP contribution in [0.1, 0.15) is 46.7 Å². The lowest BCUT2D eigenvalue weighted by atomic mass is 9.74. The molecule has 2 unspecified atom stereocenters. The van der Waals surface area contributed by atoms with E-state index in [2.05, 4.69) is 29.7 Å². The number of piperidine rings is 1. The molecule has 0 aromatic heterocycles. The zero-order chi connectivity index (χ0) is 23.7. The van der Waals surface area contributed by atoms with Crippen molar-refractivity contribution in [3.63, 3.8) is 0 Å². The molecule has 6 nitrogen and oxygen atoms in total. The summed E-state index contributed by atoms with van der Waals surface area (Å²) in [4.78, 5) is 17.1. The molecule has 1 amide bonds. The number of carbonyl (C=O) groups is 1. The number of rotatable bonds is 5. The standard InChI is InChI=1S/C28H32N2O4/c1-19(11-15-31)17-29-12-8-20(9-13-29)27-23-4-2-3-5-25(23)34-26-16-21(6-7-24(26)27)28(33)30-14-10-22(32)18-30/h2-7,11,15-16,20,22,27,31-32H,1,8-10,12-14,17-18H2/b15-11-. The van der Waals surface area contributed by atoms with Crippen LogP contribution >= 0.6 is 0 Å². The van der Waals surface area contributed by atoms with Gasteiger partial charge in [-0.15, -0.1) is 0 Å². The number of aliphatic hydroxyl groups excluding tert-OH is 2. The van der Waals surface area contributed by atoms with Crippen molar-refractivity contribution in [2.45, 2.75) is 31.3 Å². The summed E-state index contributed by atoms with van der Waals surface area (Å²) in [5.41, 5.74) is 3.87. The van der Waals surface area contributed by atoms with E-state index in [1.807, 2.05) is 24.3 Å². The van der Waals surface area contributed by atoms with Crippen LogP contribution in [0.25, 0.3) is 0 Å². The highest BCUT2D eigenvalue weighted by molar-refractivity contribution is 5.95. The van der Waals surface area contributed by atoms with Crippen LogP contribution in [0, 0.1) is 5.92 Å². The molecule has 2 aromatic rings. The third kappa shape index (κ3) is 4.48. The molecule has 3 heterocycles. The molecule has 34 heavy (non-hydrogen) atoms. The van der Waals surface area contributed by atoms with Crippen LogP contribution in [0.5, 0.6) is 11.5 Å². The van der Waals surface area contributed by atoms with E-state index in [0.29, 0.717) is 31.0 Å². The van der Waals surface area contributed by atoms with Crippen molar-refractivity contribution in [1.82, 2.24) is 9.80 Å². The van der Waals surface area contributed by atoms with Crippen molar-refractivity contribution in [1.29, 1.82) is 0 Å². The van der Waals surface area contributed by atoms with E-state index in [9.17, 15) is 9.90 Å². The van der Waals surface area contributed by atoms with Gasteiger partial charge < -0.3 is 19.8 Å². The molecule has 0 spiro atoms. The summed E-state index contributed by atoms with van der Waals surface area (Å²) >= 11 is 0. The number of fused-ring (bicyclic) bond motifs is 2. The van der Waals surface area contributed by atoms with E-state index in [0.717, 1.165) is 61.4 Å². The van der Waals surface area contributed by atoms with Crippen LogP contribution in [0.4, 0.5) is 0 Å². The maximum atomic E-state index is 13.0. The molecule has 2 atom stereocenters. The van der Waals surface area contributed by atoms with Gasteiger partial charge in [-0.05, 0) is 68.1 Å². The molecule has 6 heteroatoms. The van der Waals surface area contributed by atoms with Crippen LogP contribution in [-0.4, -0.2) is 64.7 Å². The van der Waals surface area contributed by atoms with Crippen molar-refractivity contribution < 1.29 is 19.7 Å². The zero-order valence-corrected chi connectivity index (χ0v) is 19.4. The van der Waals surface area contributed by atoms with Gasteiger partial charge in [0.15, 0.2) is 0 Å². The van der Waals surface area contributed by atoms with Gasteiger partial charge in [0.1, 0.15) is 11.5 Å². The quantitative estimate of drug-likeness (QED) is 0.509. The molecule has 2 saturated heterocycles. The number of likely N-dealkylation sites (tertiary alicyclic amines) is 2. The first-order valence-corrected chi connectivity index (χ1v) is 12.1. The number of amides is 1. The molecular formula is C28H32N2O4. The number of aliphatic hydroxyl groups is 2. The highest BCUT2D eigenvalue weighted by atomic mass is 16.5. The number of β-amino-alcohol motifs (C(OH)–C–C–N with tert-alkyl or cyclic N) is 1. The van der Waals surface area contributed by atoms with E-state index in [4.69, 9.17) is 9.84 Å². The van der Waals surface area contributed by atoms with Crippen LogP contribution in [0.15, 0.2) is 67.0 Å². The second-order valence-electron chi connectivity index (χ2n) is 9.65. The smallest absolute Gasteiger partial charge is 0.254 e. The van der Waals surface area contributed by atoms with Gasteiger partial charge in [0, 0.05) is 42.2 Å². The minimum atomic E-state index is -0.434. The lowest BCUT2D eigenvalue weighted by Gasteiger charge is -2.39. The fourth-order valence-electron chi connectivity index (χ4n) is 5.64. The van der Waals surface area contributed by atoms with Crippen LogP contribution in [0.2, 0.25) is 0 Å². The maximum absolute atomic E-state index is 13.0. The molecule has 0 aliphatic carbocycles. The topological polar surface area (TPSA) is 73.2 Å². The fourth-order valence-corrected chi connectivity index (χ4v) is 5.64. The molecule has 0 bridgehead atoms. The van der Waals surface area contributed by atoms with Crippen LogP contribution in [0.3, 0.4) is 0 Å². The first kappa shape index (κ1) is 22.7. The average Bonchev–Trinajstić information content (AvgIpc) is 3.28. The number of para-hydroxylation sites is 1. The number of hydrogen-bond donors (Lipinski definition) is 2. The summed E-state index contributed by atoms with van der Waals surface area (Å²) in [6.45, 7) is 7.71. The minimum Gasteiger partial charge on any atom is -0.516 e. The summed E-state index contributed by atoms with van der Waals surface area (Å²) in [6.07, 6.45) is 5.01. The normalized spacial score (nSPS) is 22.9. The predicted octanol–water partition coefficient (Wildman–Crippen LogP) is 4.47. The number of nitrogens with zero attached hydrogens (tertiary/aromatic N) is 2. The predicted molar refractivity (Wildman–Crippen MR) is 131 cm³/mol. The molecule has 5 rings (SSSR count). The van der Waals surface area contributed by atoms with Gasteiger partial charge in [0.05, 0.1) is 12.4 Å². The maximum Gasteiger partial charge on any atom is 0.254 e. The summed E-state index contributed by atoms with van der Waals surface area (Å²) in [5, 5.41) is 18.8. The first-order valence-electron chi connectivity index (χ1n) is 12.1. The van der Waals surface area contributed by atoms with Crippen LogP contribution in [-0.2, 0) is 0 Å². The Morgan fingerprint density at radius 3 is 2.56 bits per heavy atom. The Hall–Kier alpha value is -3.09. The third-order valence-electron chi connectivity index (χ3n) is 7.36. The SMILES string of the molecule is C=C(/C=C\O)CN1CCC(C2c3ccccc3Oc3cc(C(=O)N4CCC(O)C4)ccc32)CC1.